The molecule has 0 unspecified atom stereocenters. The Bertz CT molecular complexity index is 674. The Morgan fingerprint density at radius 1 is 1.26 bits per heavy atom. The lowest BCUT2D eigenvalue weighted by molar-refractivity contribution is 0.102. The normalized spacial score (nSPS) is 9.74. The molecule has 1 amide bonds. The molecule has 19 heavy (non-hydrogen) atoms. The van der Waals surface area contributed by atoms with Crippen molar-refractivity contribution in [2.45, 2.75) is 6.92 Å². The van der Waals surface area contributed by atoms with Crippen molar-refractivity contribution in [3.05, 3.63) is 64.2 Å². The molecule has 0 aromatic heterocycles. The van der Waals surface area contributed by atoms with Gasteiger partial charge in [0.2, 0.25) is 0 Å². The van der Waals surface area contributed by atoms with E-state index in [0.717, 1.165) is 5.56 Å². The van der Waals surface area contributed by atoms with Crippen LogP contribution in [-0.4, -0.2) is 5.91 Å². The largest absolute Gasteiger partial charge is 0.322 e. The molecule has 0 fully saturated rings. The van der Waals surface area contributed by atoms with Crippen LogP contribution in [0.3, 0.4) is 0 Å². The van der Waals surface area contributed by atoms with Gasteiger partial charge in [0.15, 0.2) is 0 Å². The second-order valence-electron chi connectivity index (χ2n) is 4.08. The zero-order valence-corrected chi connectivity index (χ0v) is 11.0. The van der Waals surface area contributed by atoms with Gasteiger partial charge in [-0.15, -0.1) is 0 Å². The summed E-state index contributed by atoms with van der Waals surface area (Å²) in [6.07, 6.45) is 0. The van der Waals surface area contributed by atoms with Gasteiger partial charge in [-0.05, 0) is 36.8 Å². The lowest BCUT2D eigenvalue weighted by atomic mass is 10.1. The molecule has 0 aliphatic carbocycles. The highest BCUT2D eigenvalue weighted by molar-refractivity contribution is 6.34. The number of nitrogens with one attached hydrogen (secondary N) is 1. The molecule has 0 heterocycles. The number of carbonyl (C=O) groups is 1. The first kappa shape index (κ1) is 13.1. The monoisotopic (exact) mass is 270 g/mol. The van der Waals surface area contributed by atoms with Crippen molar-refractivity contribution < 1.29 is 4.79 Å². The van der Waals surface area contributed by atoms with E-state index in [1.165, 1.54) is 0 Å². The standard InChI is InChI=1S/C15H11ClN2O/c1-10-6-7-11(9-17)8-14(10)18-15(19)12-4-2-3-5-13(12)16/h2-8H,1H3,(H,18,19). The molecule has 0 saturated carbocycles. The van der Waals surface area contributed by atoms with E-state index in [-0.39, 0.29) is 5.91 Å². The summed E-state index contributed by atoms with van der Waals surface area (Å²) in [4.78, 5) is 12.1. The lowest BCUT2D eigenvalue weighted by Crippen LogP contribution is -2.13. The van der Waals surface area contributed by atoms with Gasteiger partial charge in [-0.2, -0.15) is 5.26 Å². The van der Waals surface area contributed by atoms with Crippen LogP contribution in [0.25, 0.3) is 0 Å². The Morgan fingerprint density at radius 2 is 2.00 bits per heavy atom. The van der Waals surface area contributed by atoms with E-state index >= 15 is 0 Å². The number of nitriles is 1. The Labute approximate surface area is 116 Å². The molecule has 2 aromatic rings. The van der Waals surface area contributed by atoms with Gasteiger partial charge >= 0.3 is 0 Å². The first-order valence-electron chi connectivity index (χ1n) is 5.68. The lowest BCUT2D eigenvalue weighted by Gasteiger charge is -2.09. The predicted octanol–water partition coefficient (Wildman–Crippen LogP) is 3.77. The number of benzene rings is 2. The molecule has 0 radical (unpaired) electrons. The molecule has 2 rings (SSSR count). The first-order valence-corrected chi connectivity index (χ1v) is 6.06. The van der Waals surface area contributed by atoms with Gasteiger partial charge in [0.05, 0.1) is 22.2 Å². The summed E-state index contributed by atoms with van der Waals surface area (Å²) in [6.45, 7) is 1.86. The van der Waals surface area contributed by atoms with Gasteiger partial charge in [0.25, 0.3) is 5.91 Å². The van der Waals surface area contributed by atoms with E-state index in [4.69, 9.17) is 16.9 Å². The average Bonchev–Trinajstić information content (AvgIpc) is 2.41. The molecule has 1 N–H and O–H groups in total. The maximum atomic E-state index is 12.1. The molecule has 3 nitrogen and oxygen atoms in total. The molecule has 0 aliphatic rings. The summed E-state index contributed by atoms with van der Waals surface area (Å²) >= 11 is 5.97. The van der Waals surface area contributed by atoms with Crippen LogP contribution >= 0.6 is 11.6 Å². The van der Waals surface area contributed by atoms with E-state index in [2.05, 4.69) is 5.32 Å². The molecule has 4 heteroatoms. The van der Waals surface area contributed by atoms with Gasteiger partial charge in [0, 0.05) is 5.69 Å². The fraction of sp³-hybridized carbons (Fsp3) is 0.0667. The Balaban J connectivity index is 2.30. The molecule has 2 aromatic carbocycles. The highest BCUT2D eigenvalue weighted by Gasteiger charge is 2.11. The number of hydrogen-bond donors (Lipinski definition) is 1. The van der Waals surface area contributed by atoms with Gasteiger partial charge in [-0.3, -0.25) is 4.79 Å². The van der Waals surface area contributed by atoms with Gasteiger partial charge in [0.1, 0.15) is 0 Å². The number of amides is 1. The smallest absolute Gasteiger partial charge is 0.257 e. The average molecular weight is 271 g/mol. The van der Waals surface area contributed by atoms with Crippen LogP contribution in [0.1, 0.15) is 21.5 Å². The minimum atomic E-state index is -0.288. The maximum absolute atomic E-state index is 12.1. The molecular weight excluding hydrogens is 260 g/mol. The number of halogens is 1. The van der Waals surface area contributed by atoms with Gasteiger partial charge in [-0.1, -0.05) is 29.8 Å². The van der Waals surface area contributed by atoms with Gasteiger partial charge in [-0.25, -0.2) is 0 Å². The van der Waals surface area contributed by atoms with Crippen LogP contribution in [0.2, 0.25) is 5.02 Å². The van der Waals surface area contributed by atoms with E-state index < -0.39 is 0 Å². The van der Waals surface area contributed by atoms with Crippen LogP contribution in [0.4, 0.5) is 5.69 Å². The van der Waals surface area contributed by atoms with E-state index in [9.17, 15) is 4.79 Å². The summed E-state index contributed by atoms with van der Waals surface area (Å²) in [6, 6.07) is 14.0. The summed E-state index contributed by atoms with van der Waals surface area (Å²) in [7, 11) is 0. The van der Waals surface area contributed by atoms with E-state index in [0.29, 0.717) is 21.8 Å². The second kappa shape index (κ2) is 5.55. The third kappa shape index (κ3) is 2.93. The SMILES string of the molecule is Cc1ccc(C#N)cc1NC(=O)c1ccccc1Cl. The fourth-order valence-corrected chi connectivity index (χ4v) is 1.88. The summed E-state index contributed by atoms with van der Waals surface area (Å²) in [5.74, 6) is -0.288. The van der Waals surface area contributed by atoms with Crippen LogP contribution in [0.5, 0.6) is 0 Å². The predicted molar refractivity (Wildman–Crippen MR) is 75.3 cm³/mol. The fourth-order valence-electron chi connectivity index (χ4n) is 1.66. The Hall–Kier alpha value is -2.31. The zero-order chi connectivity index (χ0) is 13.8. The van der Waals surface area contributed by atoms with E-state index in [1.54, 1.807) is 42.5 Å². The maximum Gasteiger partial charge on any atom is 0.257 e. The third-order valence-corrected chi connectivity index (χ3v) is 3.06. The summed E-state index contributed by atoms with van der Waals surface area (Å²) in [5.41, 5.74) is 2.41. The molecule has 0 atom stereocenters. The zero-order valence-electron chi connectivity index (χ0n) is 10.3. The van der Waals surface area contributed by atoms with Crippen molar-refractivity contribution in [3.8, 4) is 6.07 Å². The van der Waals surface area contributed by atoms with Crippen molar-refractivity contribution in [2.75, 3.05) is 5.32 Å². The quantitative estimate of drug-likeness (QED) is 0.903. The highest BCUT2D eigenvalue weighted by atomic mass is 35.5. The number of nitrogens with zero attached hydrogens (tertiary/aromatic N) is 1. The number of carbonyl (C=O) groups excluding carboxylic acids is 1. The molecule has 0 aliphatic heterocycles. The Morgan fingerprint density at radius 3 is 2.68 bits per heavy atom. The molecule has 0 bridgehead atoms. The minimum absolute atomic E-state index is 0.288. The van der Waals surface area contributed by atoms with Crippen molar-refractivity contribution in [1.29, 1.82) is 5.26 Å². The van der Waals surface area contributed by atoms with Crippen LogP contribution in [0.15, 0.2) is 42.5 Å². The number of hydrogen-bond acceptors (Lipinski definition) is 2. The molecule has 94 valence electrons. The summed E-state index contributed by atoms with van der Waals surface area (Å²) in [5, 5.41) is 12.0. The van der Waals surface area contributed by atoms with Crippen molar-refractivity contribution >= 4 is 23.2 Å². The molecular formula is C15H11ClN2O. The van der Waals surface area contributed by atoms with Crippen molar-refractivity contribution in [1.82, 2.24) is 0 Å². The second-order valence-corrected chi connectivity index (χ2v) is 4.48. The minimum Gasteiger partial charge on any atom is -0.322 e. The van der Waals surface area contributed by atoms with Crippen molar-refractivity contribution in [3.63, 3.8) is 0 Å². The topological polar surface area (TPSA) is 52.9 Å². The molecule has 0 saturated heterocycles. The number of aryl methyl sites for hydroxylation is 1. The van der Waals surface area contributed by atoms with E-state index in [1.807, 2.05) is 13.0 Å². The summed E-state index contributed by atoms with van der Waals surface area (Å²) < 4.78 is 0. The van der Waals surface area contributed by atoms with Gasteiger partial charge < -0.3 is 5.32 Å². The first-order chi connectivity index (χ1) is 9.11. The van der Waals surface area contributed by atoms with Crippen LogP contribution in [0, 0.1) is 18.3 Å². The Kier molecular flexibility index (Phi) is 3.84. The number of anilines is 1. The van der Waals surface area contributed by atoms with Crippen LogP contribution in [-0.2, 0) is 0 Å². The highest BCUT2D eigenvalue weighted by Crippen LogP contribution is 2.20. The third-order valence-electron chi connectivity index (χ3n) is 2.73. The van der Waals surface area contributed by atoms with Crippen LogP contribution < -0.4 is 5.32 Å². The molecule has 0 spiro atoms. The number of rotatable bonds is 2. The van der Waals surface area contributed by atoms with Crippen molar-refractivity contribution in [2.24, 2.45) is 0 Å².